The summed E-state index contributed by atoms with van der Waals surface area (Å²) >= 11 is 0. The zero-order valence-electron chi connectivity index (χ0n) is 22.1. The summed E-state index contributed by atoms with van der Waals surface area (Å²) in [6.07, 6.45) is 3.01. The molecule has 0 radical (unpaired) electrons. The van der Waals surface area contributed by atoms with E-state index >= 15 is 4.39 Å². The maximum Gasteiger partial charge on any atom is 0.223 e. The standard InChI is InChI=1S/C29H31F3N6OS/c1-3-20-12-26(36-27-16-34-29(37-28(20)27)35-23-10-19(13-30)14-33-15-23)21-6-9-25(24(32)11-21)38-40(2,39)17-18-4-7-22(31)8-5-18/h4-9,11-12,16,19,23,33H,2-3,10,13-15,17H2,1H3,(H,38,39)(H,34,35,37)/t19-,23-,40?/m0/s1. The molecule has 40 heavy (non-hydrogen) atoms. The van der Waals surface area contributed by atoms with Gasteiger partial charge in [0.25, 0.3) is 0 Å². The van der Waals surface area contributed by atoms with Crippen LogP contribution in [0.4, 0.5) is 24.8 Å². The van der Waals surface area contributed by atoms with E-state index in [4.69, 9.17) is 0 Å². The summed E-state index contributed by atoms with van der Waals surface area (Å²) in [4.78, 5) is 13.8. The lowest BCUT2D eigenvalue weighted by atomic mass is 9.97. The summed E-state index contributed by atoms with van der Waals surface area (Å²) < 4.78 is 57.1. The molecule has 2 aromatic heterocycles. The third-order valence-corrected chi connectivity index (χ3v) is 8.26. The van der Waals surface area contributed by atoms with Crippen molar-refractivity contribution in [3.8, 4) is 11.3 Å². The topological polar surface area (TPSA) is 91.8 Å². The van der Waals surface area contributed by atoms with Gasteiger partial charge in [-0.15, -0.1) is 0 Å². The highest BCUT2D eigenvalue weighted by molar-refractivity contribution is 8.00. The van der Waals surface area contributed by atoms with Crippen LogP contribution < -0.4 is 15.4 Å². The number of nitrogens with zero attached hydrogens (tertiary/aromatic N) is 3. The van der Waals surface area contributed by atoms with Crippen LogP contribution in [0.15, 0.2) is 54.7 Å². The SMILES string of the molecule is C=S(=O)(Cc1ccc(F)cc1)Nc1ccc(-c2cc(CC)c3nc(N[C@@H]4CNC[C@H](CF)C4)ncc3n2)cc1F. The average Bonchev–Trinajstić information content (AvgIpc) is 2.94. The predicted molar refractivity (Wildman–Crippen MR) is 155 cm³/mol. The van der Waals surface area contributed by atoms with Gasteiger partial charge in [-0.05, 0) is 60.2 Å². The normalized spacial score (nSPS) is 18.8. The van der Waals surface area contributed by atoms with Gasteiger partial charge in [-0.3, -0.25) is 4.39 Å². The van der Waals surface area contributed by atoms with Crippen molar-refractivity contribution in [1.29, 1.82) is 0 Å². The maximum absolute atomic E-state index is 15.1. The quantitative estimate of drug-likeness (QED) is 0.243. The van der Waals surface area contributed by atoms with E-state index < -0.39 is 21.3 Å². The van der Waals surface area contributed by atoms with Crippen molar-refractivity contribution in [2.24, 2.45) is 5.92 Å². The van der Waals surface area contributed by atoms with Crippen LogP contribution in [-0.4, -0.2) is 50.8 Å². The number of pyridine rings is 1. The molecule has 3 N–H and O–H groups in total. The molecule has 7 nitrogen and oxygen atoms in total. The highest BCUT2D eigenvalue weighted by atomic mass is 32.2. The van der Waals surface area contributed by atoms with E-state index in [1.54, 1.807) is 12.3 Å². The van der Waals surface area contributed by atoms with Crippen LogP contribution in [0, 0.1) is 17.6 Å². The zero-order chi connectivity index (χ0) is 28.3. The third kappa shape index (κ3) is 6.53. The van der Waals surface area contributed by atoms with Gasteiger partial charge in [-0.2, -0.15) is 0 Å². The molecule has 0 amide bonds. The van der Waals surface area contributed by atoms with Crippen molar-refractivity contribution in [3.05, 3.63) is 77.5 Å². The van der Waals surface area contributed by atoms with Gasteiger partial charge in [0, 0.05) is 40.3 Å². The molecule has 1 aliphatic heterocycles. The third-order valence-electron chi connectivity index (χ3n) is 6.87. The highest BCUT2D eigenvalue weighted by Gasteiger charge is 2.22. The van der Waals surface area contributed by atoms with Crippen molar-refractivity contribution in [1.82, 2.24) is 20.3 Å². The molecule has 1 fully saturated rings. The Balaban J connectivity index is 1.35. The van der Waals surface area contributed by atoms with Crippen molar-refractivity contribution < 1.29 is 17.4 Å². The minimum atomic E-state index is -2.93. The Morgan fingerprint density at radius 1 is 1.10 bits per heavy atom. The van der Waals surface area contributed by atoms with E-state index in [9.17, 15) is 13.0 Å². The first kappa shape index (κ1) is 27.9. The van der Waals surface area contributed by atoms with Gasteiger partial charge >= 0.3 is 0 Å². The van der Waals surface area contributed by atoms with Gasteiger partial charge < -0.3 is 15.4 Å². The van der Waals surface area contributed by atoms with E-state index in [1.807, 2.05) is 13.0 Å². The molecule has 2 aromatic carbocycles. The second kappa shape index (κ2) is 11.8. The minimum absolute atomic E-state index is 0.0189. The second-order valence-electron chi connectivity index (χ2n) is 10.1. The molecule has 3 atom stereocenters. The Morgan fingerprint density at radius 2 is 1.90 bits per heavy atom. The minimum Gasteiger partial charge on any atom is -0.350 e. The fraction of sp³-hybridized carbons (Fsp3) is 0.310. The number of hydrogen-bond donors (Lipinski definition) is 3. The fourth-order valence-corrected chi connectivity index (χ4v) is 6.23. The number of aryl methyl sites for hydroxylation is 1. The lowest BCUT2D eigenvalue weighted by Gasteiger charge is -2.29. The largest absolute Gasteiger partial charge is 0.350 e. The predicted octanol–water partition coefficient (Wildman–Crippen LogP) is 5.14. The van der Waals surface area contributed by atoms with Crippen LogP contribution in [-0.2, 0) is 21.9 Å². The molecule has 4 aromatic rings. The van der Waals surface area contributed by atoms with Crippen molar-refractivity contribution in [3.63, 3.8) is 0 Å². The number of benzene rings is 2. The molecule has 3 heterocycles. The van der Waals surface area contributed by atoms with Crippen LogP contribution in [0.2, 0.25) is 0 Å². The van der Waals surface area contributed by atoms with Gasteiger partial charge in [0.1, 0.15) is 17.2 Å². The molecule has 1 saturated heterocycles. The summed E-state index contributed by atoms with van der Waals surface area (Å²) in [5, 5.41) is 6.54. The maximum atomic E-state index is 15.1. The molecule has 1 unspecified atom stereocenters. The summed E-state index contributed by atoms with van der Waals surface area (Å²) in [6.45, 7) is 3.02. The Bertz CT molecular complexity index is 1610. The first-order valence-electron chi connectivity index (χ1n) is 13.1. The van der Waals surface area contributed by atoms with E-state index in [-0.39, 0.29) is 30.1 Å². The van der Waals surface area contributed by atoms with Crippen LogP contribution in [0.5, 0.6) is 0 Å². The van der Waals surface area contributed by atoms with Crippen LogP contribution in [0.1, 0.15) is 24.5 Å². The Morgan fingerprint density at radius 3 is 2.62 bits per heavy atom. The molecule has 0 bridgehead atoms. The van der Waals surface area contributed by atoms with Gasteiger partial charge in [-0.25, -0.2) is 27.9 Å². The average molecular weight is 569 g/mol. The van der Waals surface area contributed by atoms with Crippen LogP contribution in [0.25, 0.3) is 22.3 Å². The summed E-state index contributed by atoms with van der Waals surface area (Å²) in [5.41, 5.74) is 3.98. The Hall–Kier alpha value is -3.70. The first-order valence-corrected chi connectivity index (χ1v) is 15.0. The molecule has 11 heteroatoms. The first-order chi connectivity index (χ1) is 19.2. The van der Waals surface area contributed by atoms with Crippen LogP contribution in [0.3, 0.4) is 0 Å². The molecular weight excluding hydrogens is 537 g/mol. The number of nitrogens with one attached hydrogen (secondary N) is 3. The number of rotatable bonds is 9. The number of hydrogen-bond acceptors (Lipinski definition) is 6. The van der Waals surface area contributed by atoms with Gasteiger partial charge in [0.2, 0.25) is 5.95 Å². The van der Waals surface area contributed by atoms with Gasteiger partial charge in [0.05, 0.1) is 35.5 Å². The monoisotopic (exact) mass is 568 g/mol. The van der Waals surface area contributed by atoms with Crippen molar-refractivity contribution >= 4 is 38.2 Å². The van der Waals surface area contributed by atoms with E-state index in [1.165, 1.54) is 36.4 Å². The number of halogens is 3. The highest BCUT2D eigenvalue weighted by Crippen LogP contribution is 2.28. The molecule has 210 valence electrons. The van der Waals surface area contributed by atoms with Gasteiger partial charge in [0.15, 0.2) is 0 Å². The number of aromatic nitrogens is 3. The lowest BCUT2D eigenvalue weighted by molar-refractivity contribution is 0.282. The van der Waals surface area contributed by atoms with E-state index in [0.29, 0.717) is 59.7 Å². The molecule has 0 aliphatic carbocycles. The van der Waals surface area contributed by atoms with Crippen molar-refractivity contribution in [2.45, 2.75) is 31.6 Å². The molecule has 0 spiro atoms. The number of piperidine rings is 1. The van der Waals surface area contributed by atoms with Crippen molar-refractivity contribution in [2.75, 3.05) is 29.8 Å². The Kier molecular flexibility index (Phi) is 8.22. The number of anilines is 2. The second-order valence-corrected chi connectivity index (χ2v) is 12.2. The van der Waals surface area contributed by atoms with Gasteiger partial charge in [-0.1, -0.05) is 25.1 Å². The summed E-state index contributed by atoms with van der Waals surface area (Å²) in [5.74, 6) is 3.18. The van der Waals surface area contributed by atoms with E-state index in [0.717, 1.165) is 5.56 Å². The molecule has 5 rings (SSSR count). The van der Waals surface area contributed by atoms with E-state index in [2.05, 4.69) is 36.2 Å². The lowest BCUT2D eigenvalue weighted by Crippen LogP contribution is -2.44. The number of fused-ring (bicyclic) bond motifs is 1. The summed E-state index contributed by atoms with van der Waals surface area (Å²) in [6, 6.07) is 12.0. The smallest absolute Gasteiger partial charge is 0.223 e. The molecule has 0 saturated carbocycles. The molecule has 1 aliphatic rings. The fourth-order valence-electron chi connectivity index (χ4n) is 4.86. The molecular formula is C29H31F3N6OS. The number of alkyl halides is 1. The zero-order valence-corrected chi connectivity index (χ0v) is 22.9. The van der Waals surface area contributed by atoms with Crippen LogP contribution >= 0.6 is 0 Å². The Labute approximate surface area is 231 Å². The summed E-state index contributed by atoms with van der Waals surface area (Å²) in [7, 11) is -2.93.